The zero-order valence-electron chi connectivity index (χ0n) is 19.0. The maximum atomic E-state index is 13.0. The lowest BCUT2D eigenvalue weighted by molar-refractivity contribution is -0.140. The third kappa shape index (κ3) is 4.41. The van der Waals surface area contributed by atoms with Crippen LogP contribution in [0.3, 0.4) is 0 Å². The van der Waals surface area contributed by atoms with Gasteiger partial charge >= 0.3 is 0 Å². The van der Waals surface area contributed by atoms with Crippen LogP contribution in [0, 0.1) is 6.92 Å². The maximum Gasteiger partial charge on any atom is 0.233 e. The second kappa shape index (κ2) is 9.03. The third-order valence-electron chi connectivity index (χ3n) is 5.82. The van der Waals surface area contributed by atoms with Gasteiger partial charge < -0.3 is 14.6 Å². The van der Waals surface area contributed by atoms with E-state index in [1.54, 1.807) is 0 Å². The molecule has 2 aromatic heterocycles. The Morgan fingerprint density at radius 2 is 1.91 bits per heavy atom. The molecule has 0 saturated carbocycles. The summed E-state index contributed by atoms with van der Waals surface area (Å²) in [5.41, 5.74) is 4.15. The van der Waals surface area contributed by atoms with Crippen LogP contribution in [-0.2, 0) is 9.53 Å². The van der Waals surface area contributed by atoms with Crippen LogP contribution in [0.4, 0.5) is 0 Å². The van der Waals surface area contributed by atoms with E-state index in [0.717, 1.165) is 33.5 Å². The smallest absolute Gasteiger partial charge is 0.233 e. The summed E-state index contributed by atoms with van der Waals surface area (Å²) in [4.78, 5) is 18.2. The van der Waals surface area contributed by atoms with Crippen molar-refractivity contribution in [3.63, 3.8) is 0 Å². The highest BCUT2D eigenvalue weighted by Crippen LogP contribution is 2.32. The molecule has 1 fully saturated rings. The van der Waals surface area contributed by atoms with E-state index in [0.29, 0.717) is 24.0 Å². The summed E-state index contributed by atoms with van der Waals surface area (Å²) in [6.07, 6.45) is 2.07. The van der Waals surface area contributed by atoms with Crippen LogP contribution in [0.5, 0.6) is 0 Å². The van der Waals surface area contributed by atoms with E-state index >= 15 is 0 Å². The van der Waals surface area contributed by atoms with Gasteiger partial charge in [-0.25, -0.2) is 0 Å². The summed E-state index contributed by atoms with van der Waals surface area (Å²) >= 11 is 1.42. The topological polar surface area (TPSA) is 76.0 Å². The summed E-state index contributed by atoms with van der Waals surface area (Å²) in [6.45, 7) is 7.32. The van der Waals surface area contributed by atoms with Gasteiger partial charge in [-0.3, -0.25) is 9.36 Å². The van der Waals surface area contributed by atoms with Gasteiger partial charge in [0.25, 0.3) is 0 Å². The minimum absolute atomic E-state index is 0.0483. The molecule has 0 radical (unpaired) electrons. The number of H-pyrrole nitrogens is 1. The molecule has 4 aromatic rings. The molecule has 33 heavy (non-hydrogen) atoms. The molecule has 1 N–H and O–H groups in total. The van der Waals surface area contributed by atoms with E-state index in [-0.39, 0.29) is 18.1 Å². The summed E-state index contributed by atoms with van der Waals surface area (Å²) in [5.74, 6) is 1.15. The molecule has 0 aliphatic carbocycles. The van der Waals surface area contributed by atoms with Crippen molar-refractivity contribution in [2.75, 3.05) is 18.8 Å². The number of thioether (sulfide) groups is 1. The number of ether oxygens (including phenoxy) is 1. The van der Waals surface area contributed by atoms with Crippen molar-refractivity contribution >= 4 is 28.6 Å². The number of rotatable bonds is 5. The molecule has 0 spiro atoms. The fourth-order valence-electron chi connectivity index (χ4n) is 4.39. The molecule has 2 aromatic carbocycles. The van der Waals surface area contributed by atoms with Crippen LogP contribution in [0.1, 0.15) is 19.4 Å². The lowest BCUT2D eigenvalue weighted by atomic mass is 10.1. The van der Waals surface area contributed by atoms with Crippen LogP contribution in [0.15, 0.2) is 59.9 Å². The number of nitrogens with one attached hydrogen (secondary N) is 1. The van der Waals surface area contributed by atoms with E-state index in [4.69, 9.17) is 4.74 Å². The number of carbonyl (C=O) groups excluding carboxylic acids is 1. The Morgan fingerprint density at radius 1 is 1.12 bits per heavy atom. The van der Waals surface area contributed by atoms with Crippen molar-refractivity contribution in [2.24, 2.45) is 0 Å². The molecule has 1 aliphatic heterocycles. The molecule has 5 rings (SSSR count). The number of carbonyl (C=O) groups is 1. The third-order valence-corrected chi connectivity index (χ3v) is 6.73. The molecular formula is C25H27N5O2S. The van der Waals surface area contributed by atoms with Crippen LogP contribution in [0.2, 0.25) is 0 Å². The Labute approximate surface area is 197 Å². The minimum Gasteiger partial charge on any atom is -0.372 e. The van der Waals surface area contributed by atoms with Gasteiger partial charge in [0.15, 0.2) is 11.0 Å². The number of amides is 1. The van der Waals surface area contributed by atoms with Crippen molar-refractivity contribution in [3.8, 4) is 17.1 Å². The number of aryl methyl sites for hydroxylation is 1. The van der Waals surface area contributed by atoms with Gasteiger partial charge in [0.1, 0.15) is 0 Å². The predicted octanol–water partition coefficient (Wildman–Crippen LogP) is 4.45. The molecule has 170 valence electrons. The highest BCUT2D eigenvalue weighted by molar-refractivity contribution is 7.99. The first kappa shape index (κ1) is 21.7. The van der Waals surface area contributed by atoms with Crippen molar-refractivity contribution in [1.82, 2.24) is 24.6 Å². The number of fused-ring (bicyclic) bond motifs is 1. The molecule has 3 heterocycles. The average Bonchev–Trinajstić information content (AvgIpc) is 3.40. The first-order valence-electron chi connectivity index (χ1n) is 11.1. The quantitative estimate of drug-likeness (QED) is 0.445. The minimum atomic E-state index is 0.0483. The van der Waals surface area contributed by atoms with Gasteiger partial charge in [0, 0.05) is 41.4 Å². The fourth-order valence-corrected chi connectivity index (χ4v) is 5.25. The Hall–Kier alpha value is -3.10. The Kier molecular flexibility index (Phi) is 5.95. The second-order valence-electron chi connectivity index (χ2n) is 8.57. The normalized spacial score (nSPS) is 18.7. The number of benzene rings is 2. The monoisotopic (exact) mass is 461 g/mol. The van der Waals surface area contributed by atoms with Crippen LogP contribution in [-0.4, -0.2) is 61.6 Å². The van der Waals surface area contributed by atoms with Gasteiger partial charge in [-0.05, 0) is 44.5 Å². The van der Waals surface area contributed by atoms with Crippen molar-refractivity contribution < 1.29 is 9.53 Å². The van der Waals surface area contributed by atoms with E-state index in [9.17, 15) is 4.79 Å². The van der Waals surface area contributed by atoms with E-state index in [1.807, 2.05) is 59.8 Å². The Balaban J connectivity index is 1.48. The molecule has 8 heteroatoms. The van der Waals surface area contributed by atoms with Gasteiger partial charge in [-0.15, -0.1) is 10.2 Å². The zero-order chi connectivity index (χ0) is 22.9. The number of morpholine rings is 1. The van der Waals surface area contributed by atoms with E-state index in [1.165, 1.54) is 11.8 Å². The van der Waals surface area contributed by atoms with Gasteiger partial charge in [-0.1, -0.05) is 42.1 Å². The number of aromatic nitrogens is 4. The molecule has 1 amide bonds. The molecule has 0 unspecified atom stereocenters. The zero-order valence-corrected chi connectivity index (χ0v) is 19.8. The second-order valence-corrected chi connectivity index (χ2v) is 9.52. The SMILES string of the molecule is Cc1cccc(-n2c(SCC(=O)N3C[C@H](C)O[C@@H](C)C3)nnc2-c2c[nH]c3ccccc23)c1. The van der Waals surface area contributed by atoms with Gasteiger partial charge in [-0.2, -0.15) is 0 Å². The predicted molar refractivity (Wildman–Crippen MR) is 131 cm³/mol. The summed E-state index contributed by atoms with van der Waals surface area (Å²) in [7, 11) is 0. The summed E-state index contributed by atoms with van der Waals surface area (Å²) < 4.78 is 7.81. The van der Waals surface area contributed by atoms with Gasteiger partial charge in [0.05, 0.1) is 18.0 Å². The lowest BCUT2D eigenvalue weighted by Gasteiger charge is -2.35. The van der Waals surface area contributed by atoms with Crippen LogP contribution < -0.4 is 0 Å². The fraction of sp³-hybridized carbons (Fsp3) is 0.320. The Morgan fingerprint density at radius 3 is 2.70 bits per heavy atom. The number of hydrogen-bond acceptors (Lipinski definition) is 5. The lowest BCUT2D eigenvalue weighted by Crippen LogP contribution is -2.48. The number of para-hydroxylation sites is 1. The van der Waals surface area contributed by atoms with Gasteiger partial charge in [0.2, 0.25) is 5.91 Å². The molecule has 1 aliphatic rings. The van der Waals surface area contributed by atoms with Crippen molar-refractivity contribution in [1.29, 1.82) is 0 Å². The van der Waals surface area contributed by atoms with Crippen LogP contribution >= 0.6 is 11.8 Å². The highest BCUT2D eigenvalue weighted by atomic mass is 32.2. The number of aromatic amines is 1. The molecule has 1 saturated heterocycles. The van der Waals surface area contributed by atoms with Crippen molar-refractivity contribution in [2.45, 2.75) is 38.1 Å². The molecular weight excluding hydrogens is 434 g/mol. The largest absolute Gasteiger partial charge is 0.372 e. The molecule has 7 nitrogen and oxygen atoms in total. The van der Waals surface area contributed by atoms with E-state index in [2.05, 4.69) is 40.3 Å². The first-order chi connectivity index (χ1) is 16.0. The maximum absolute atomic E-state index is 13.0. The molecule has 2 atom stereocenters. The summed E-state index contributed by atoms with van der Waals surface area (Å²) in [5, 5.41) is 10.8. The highest BCUT2D eigenvalue weighted by Gasteiger charge is 2.27. The standard InChI is InChI=1S/C25H27N5O2S/c1-16-7-6-8-19(11-16)30-24(21-12-26-22-10-5-4-9-20(21)22)27-28-25(30)33-15-23(31)29-13-17(2)32-18(3)14-29/h4-12,17-18,26H,13-15H2,1-3H3/t17-,18-/m0/s1. The van der Waals surface area contributed by atoms with Crippen LogP contribution in [0.25, 0.3) is 28.0 Å². The van der Waals surface area contributed by atoms with Crippen molar-refractivity contribution in [3.05, 3.63) is 60.3 Å². The Bertz CT molecular complexity index is 1290. The van der Waals surface area contributed by atoms with E-state index < -0.39 is 0 Å². The average molecular weight is 462 g/mol. The number of hydrogen-bond donors (Lipinski definition) is 1. The first-order valence-corrected chi connectivity index (χ1v) is 12.1. The molecule has 0 bridgehead atoms. The summed E-state index contributed by atoms with van der Waals surface area (Å²) in [6, 6.07) is 16.4. The number of nitrogens with zero attached hydrogens (tertiary/aromatic N) is 4.